The number of halogens is 1. The molecule has 12 heteroatoms. The first kappa shape index (κ1) is 33.4. The van der Waals surface area contributed by atoms with Crippen LogP contribution in [0.25, 0.3) is 22.1 Å². The molecule has 2 aliphatic carbocycles. The van der Waals surface area contributed by atoms with Gasteiger partial charge in [-0.15, -0.1) is 0 Å². The summed E-state index contributed by atoms with van der Waals surface area (Å²) in [6.07, 6.45) is 9.34. The smallest absolute Gasteiger partial charge is 0.163 e. The Kier molecular flexibility index (Phi) is 8.99. The minimum Gasteiger partial charge on any atom is -0.497 e. The van der Waals surface area contributed by atoms with Gasteiger partial charge >= 0.3 is 0 Å². The standard InChI is InChI=1S/C38H46BrN7O4/c1-38(2)49-34-24(20-45(3)26-14-22(15-26)6-11-33-43-29-10-8-25(39)17-30(29)44-33)16-31(35(34)50-38)46-13-12-28-36(41-21-42-37(28)46)40-19-23-7-9-27(47-4)18-32(23)48-5/h7-10,12-13,17-18,21-22,24,26,31,34-35H,6,11,14-16,19-20H2,1-5H3,(H,43,44)(H,40,41,42)/t22?,24-,26?,31?,34-,35+/m1/s1. The molecule has 0 spiro atoms. The molecule has 2 N–H and O–H groups in total. The van der Waals surface area contributed by atoms with Crippen LogP contribution < -0.4 is 14.8 Å². The number of hydrogen-bond acceptors (Lipinski definition) is 9. The third kappa shape index (κ3) is 6.47. The lowest BCUT2D eigenvalue weighted by Gasteiger charge is -2.42. The molecule has 2 aromatic carbocycles. The number of ether oxygens (including phenoxy) is 4. The first-order chi connectivity index (χ1) is 24.2. The number of aromatic amines is 1. The topological polar surface area (TPSA) is 112 Å². The summed E-state index contributed by atoms with van der Waals surface area (Å²) in [7, 11) is 5.61. The van der Waals surface area contributed by atoms with Crippen LogP contribution in [0.3, 0.4) is 0 Å². The normalized spacial score (nSPS) is 25.7. The van der Waals surface area contributed by atoms with Gasteiger partial charge in [-0.25, -0.2) is 15.0 Å². The molecule has 2 saturated carbocycles. The summed E-state index contributed by atoms with van der Waals surface area (Å²) in [6, 6.07) is 14.9. The summed E-state index contributed by atoms with van der Waals surface area (Å²) in [4.78, 5) is 20.2. The average molecular weight is 745 g/mol. The number of hydrogen-bond donors (Lipinski definition) is 2. The summed E-state index contributed by atoms with van der Waals surface area (Å²) in [5.74, 6) is 3.86. The van der Waals surface area contributed by atoms with Crippen LogP contribution in [-0.4, -0.2) is 81.3 Å². The Labute approximate surface area is 301 Å². The molecule has 1 aliphatic heterocycles. The molecule has 3 aliphatic rings. The monoisotopic (exact) mass is 743 g/mol. The number of nitrogens with zero attached hydrogens (tertiary/aromatic N) is 5. The highest BCUT2D eigenvalue weighted by Crippen LogP contribution is 2.48. The van der Waals surface area contributed by atoms with E-state index in [1.165, 1.54) is 19.3 Å². The van der Waals surface area contributed by atoms with E-state index in [-0.39, 0.29) is 18.2 Å². The molecule has 8 rings (SSSR count). The molecule has 1 saturated heterocycles. The third-order valence-electron chi connectivity index (χ3n) is 11.0. The van der Waals surface area contributed by atoms with Crippen molar-refractivity contribution in [1.82, 2.24) is 29.4 Å². The van der Waals surface area contributed by atoms with Crippen molar-refractivity contribution in [3.05, 3.63) is 70.8 Å². The van der Waals surface area contributed by atoms with E-state index in [2.05, 4.69) is 72.1 Å². The number of anilines is 1. The van der Waals surface area contributed by atoms with E-state index in [1.54, 1.807) is 20.5 Å². The first-order valence-corrected chi connectivity index (χ1v) is 18.4. The van der Waals surface area contributed by atoms with E-state index < -0.39 is 5.79 Å². The maximum atomic E-state index is 6.61. The molecule has 5 aromatic rings. The van der Waals surface area contributed by atoms with Gasteiger partial charge in [-0.05, 0) is 88.9 Å². The predicted octanol–water partition coefficient (Wildman–Crippen LogP) is 7.12. The number of rotatable bonds is 12. The van der Waals surface area contributed by atoms with E-state index in [9.17, 15) is 0 Å². The van der Waals surface area contributed by atoms with Gasteiger partial charge in [0.05, 0.1) is 42.8 Å². The second-order valence-electron chi connectivity index (χ2n) is 14.7. The van der Waals surface area contributed by atoms with E-state index in [1.807, 2.05) is 38.1 Å². The van der Waals surface area contributed by atoms with Crippen molar-refractivity contribution in [2.24, 2.45) is 11.8 Å². The number of aromatic nitrogens is 5. The van der Waals surface area contributed by atoms with Crippen LogP contribution in [0.4, 0.5) is 5.82 Å². The highest BCUT2D eigenvalue weighted by Gasteiger charge is 2.55. The molecule has 0 bridgehead atoms. The highest BCUT2D eigenvalue weighted by molar-refractivity contribution is 9.10. The van der Waals surface area contributed by atoms with Gasteiger partial charge in [0.15, 0.2) is 5.79 Å². The Bertz CT molecular complexity index is 1990. The van der Waals surface area contributed by atoms with E-state index in [0.29, 0.717) is 18.5 Å². The Hall–Kier alpha value is -3.71. The summed E-state index contributed by atoms with van der Waals surface area (Å²) in [5, 5.41) is 4.49. The highest BCUT2D eigenvalue weighted by atomic mass is 79.9. The van der Waals surface area contributed by atoms with Crippen LogP contribution in [-0.2, 0) is 22.4 Å². The molecule has 3 aromatic heterocycles. The number of benzene rings is 2. The quantitative estimate of drug-likeness (QED) is 0.138. The van der Waals surface area contributed by atoms with E-state index >= 15 is 0 Å². The predicted molar refractivity (Wildman–Crippen MR) is 197 cm³/mol. The fraction of sp³-hybridized carbons (Fsp3) is 0.500. The number of methoxy groups -OCH3 is 2. The first-order valence-electron chi connectivity index (χ1n) is 17.6. The molecule has 4 atom stereocenters. The third-order valence-corrected chi connectivity index (χ3v) is 11.5. The van der Waals surface area contributed by atoms with Gasteiger partial charge in [0, 0.05) is 53.8 Å². The van der Waals surface area contributed by atoms with Gasteiger partial charge < -0.3 is 38.7 Å². The van der Waals surface area contributed by atoms with Crippen molar-refractivity contribution >= 4 is 43.8 Å². The lowest BCUT2D eigenvalue weighted by molar-refractivity contribution is -0.161. The van der Waals surface area contributed by atoms with Crippen LogP contribution in [0.15, 0.2) is 59.5 Å². The lowest BCUT2D eigenvalue weighted by atomic mass is 9.76. The van der Waals surface area contributed by atoms with Crippen LogP contribution in [0.2, 0.25) is 0 Å². The van der Waals surface area contributed by atoms with Gasteiger partial charge in [-0.3, -0.25) is 0 Å². The summed E-state index contributed by atoms with van der Waals surface area (Å²) < 4.78 is 27.6. The summed E-state index contributed by atoms with van der Waals surface area (Å²) >= 11 is 3.56. The Balaban J connectivity index is 0.918. The molecule has 11 nitrogen and oxygen atoms in total. The van der Waals surface area contributed by atoms with Crippen LogP contribution in [0, 0.1) is 11.8 Å². The minimum atomic E-state index is -0.624. The van der Waals surface area contributed by atoms with E-state index in [0.717, 1.165) is 80.5 Å². The second kappa shape index (κ2) is 13.4. The summed E-state index contributed by atoms with van der Waals surface area (Å²) in [6.45, 7) is 5.60. The maximum Gasteiger partial charge on any atom is 0.163 e. The number of H-pyrrole nitrogens is 1. The largest absolute Gasteiger partial charge is 0.497 e. The fourth-order valence-corrected chi connectivity index (χ4v) is 8.73. The van der Waals surface area contributed by atoms with Crippen molar-refractivity contribution < 1.29 is 18.9 Å². The Morgan fingerprint density at radius 3 is 2.70 bits per heavy atom. The fourth-order valence-electron chi connectivity index (χ4n) is 8.37. The van der Waals surface area contributed by atoms with Gasteiger partial charge in [0.2, 0.25) is 0 Å². The molecule has 264 valence electrons. The van der Waals surface area contributed by atoms with Crippen molar-refractivity contribution in [3.63, 3.8) is 0 Å². The zero-order valence-corrected chi connectivity index (χ0v) is 30.9. The van der Waals surface area contributed by atoms with Gasteiger partial charge in [-0.1, -0.05) is 15.9 Å². The zero-order valence-electron chi connectivity index (χ0n) is 29.4. The van der Waals surface area contributed by atoms with Gasteiger partial charge in [0.25, 0.3) is 0 Å². The number of fused-ring (bicyclic) bond motifs is 3. The molecule has 1 unspecified atom stereocenters. The number of imidazole rings is 1. The SMILES string of the molecule is COc1ccc(CNc2ncnc3c2ccn3C2C[C@H](CN(C)C3CC(CCc4nc5ccc(Br)cc5[nH]4)C3)[C@H]3OC(C)(C)O[C@@H]23)c(OC)c1. The van der Waals surface area contributed by atoms with Crippen LogP contribution >= 0.6 is 15.9 Å². The molecule has 4 heterocycles. The number of aryl methyl sites for hydroxylation is 1. The summed E-state index contributed by atoms with van der Waals surface area (Å²) in [5.41, 5.74) is 4.04. The number of nitrogens with one attached hydrogen (secondary N) is 2. The lowest BCUT2D eigenvalue weighted by Crippen LogP contribution is -2.46. The molecule has 0 radical (unpaired) electrons. The van der Waals surface area contributed by atoms with Gasteiger partial charge in [-0.2, -0.15) is 0 Å². The maximum absolute atomic E-state index is 6.61. The van der Waals surface area contributed by atoms with Crippen molar-refractivity contribution in [3.8, 4) is 11.5 Å². The van der Waals surface area contributed by atoms with Crippen molar-refractivity contribution in [2.45, 2.75) is 82.6 Å². The molecular formula is C38H46BrN7O4. The van der Waals surface area contributed by atoms with Gasteiger partial charge in [0.1, 0.15) is 41.2 Å². The van der Waals surface area contributed by atoms with Crippen molar-refractivity contribution in [2.75, 3.05) is 33.1 Å². The molecular weight excluding hydrogens is 698 g/mol. The molecule has 0 amide bonds. The molecule has 50 heavy (non-hydrogen) atoms. The minimum absolute atomic E-state index is 0.0286. The Morgan fingerprint density at radius 1 is 1.04 bits per heavy atom. The second-order valence-corrected chi connectivity index (χ2v) is 15.6. The average Bonchev–Trinajstić information content (AvgIpc) is 3.84. The zero-order chi connectivity index (χ0) is 34.6. The Morgan fingerprint density at radius 2 is 1.88 bits per heavy atom. The van der Waals surface area contributed by atoms with Crippen LogP contribution in [0.1, 0.15) is 57.0 Å². The van der Waals surface area contributed by atoms with E-state index in [4.69, 9.17) is 28.9 Å². The van der Waals surface area contributed by atoms with Crippen molar-refractivity contribution in [1.29, 1.82) is 0 Å². The molecule has 3 fully saturated rings. The van der Waals surface area contributed by atoms with Crippen LogP contribution in [0.5, 0.6) is 11.5 Å².